The number of nitrogens with zero attached hydrogens (tertiary/aromatic N) is 2. The number of hydrogen-bond acceptors (Lipinski definition) is 6. The fourth-order valence-corrected chi connectivity index (χ4v) is 5.69. The highest BCUT2D eigenvalue weighted by Crippen LogP contribution is 2.41. The number of amides is 1. The number of halogens is 6. The number of carbonyl (C=O) groups is 1. The molecule has 1 aliphatic carbocycles. The summed E-state index contributed by atoms with van der Waals surface area (Å²) in [6.07, 6.45) is -7.39. The van der Waals surface area contributed by atoms with E-state index in [0.29, 0.717) is 0 Å². The monoisotopic (exact) mass is 586 g/mol. The lowest BCUT2D eigenvalue weighted by atomic mass is 9.85. The molecule has 0 atom stereocenters. The molecule has 2 aliphatic rings. The molecule has 15 heteroatoms. The van der Waals surface area contributed by atoms with Crippen molar-refractivity contribution in [2.24, 2.45) is 5.92 Å². The number of alkyl halides is 6. The minimum Gasteiger partial charge on any atom is -0.406 e. The van der Waals surface area contributed by atoms with E-state index in [0.717, 1.165) is 60.0 Å². The molecule has 0 bridgehead atoms. The molecule has 1 saturated carbocycles. The van der Waals surface area contributed by atoms with Crippen LogP contribution in [0.3, 0.4) is 0 Å². The molecule has 1 fully saturated rings. The van der Waals surface area contributed by atoms with Gasteiger partial charge in [0.25, 0.3) is 10.0 Å². The van der Waals surface area contributed by atoms with E-state index in [1.165, 1.54) is 18.2 Å². The van der Waals surface area contributed by atoms with E-state index in [-0.39, 0.29) is 40.3 Å². The van der Waals surface area contributed by atoms with E-state index >= 15 is 0 Å². The Balaban J connectivity index is 1.57. The van der Waals surface area contributed by atoms with Gasteiger partial charge in [-0.05, 0) is 61.4 Å². The molecule has 0 radical (unpaired) electrons. The van der Waals surface area contributed by atoms with Gasteiger partial charge < -0.3 is 15.4 Å². The van der Waals surface area contributed by atoms with Gasteiger partial charge in [0.2, 0.25) is 5.91 Å². The summed E-state index contributed by atoms with van der Waals surface area (Å²) in [6, 6.07) is 9.52. The number of aromatic nitrogens is 1. The van der Waals surface area contributed by atoms with Crippen molar-refractivity contribution in [1.82, 2.24) is 4.98 Å². The zero-order valence-electron chi connectivity index (χ0n) is 20.3. The first-order valence-corrected chi connectivity index (χ1v) is 13.3. The highest BCUT2D eigenvalue weighted by atomic mass is 32.2. The smallest absolute Gasteiger partial charge is 0.406 e. The summed E-state index contributed by atoms with van der Waals surface area (Å²) >= 11 is 0. The number of benzene rings is 2. The van der Waals surface area contributed by atoms with E-state index in [4.69, 9.17) is 0 Å². The largest absolute Gasteiger partial charge is 0.573 e. The fraction of sp³-hybridized carbons (Fsp3) is 0.280. The lowest BCUT2D eigenvalue weighted by Crippen LogP contribution is -2.31. The summed E-state index contributed by atoms with van der Waals surface area (Å²) in [5, 5.41) is 5.48. The summed E-state index contributed by atoms with van der Waals surface area (Å²) in [5.41, 5.74) is -0.783. The molecule has 3 aromatic rings. The maximum Gasteiger partial charge on any atom is 0.573 e. The third-order valence-electron chi connectivity index (χ3n) is 6.49. The molecule has 2 N–H and O–H groups in total. The zero-order valence-corrected chi connectivity index (χ0v) is 21.1. The predicted octanol–water partition coefficient (Wildman–Crippen LogP) is 6.19. The SMILES string of the molecule is O=C(Nc1ccc2c(c1)N(S(=O)(=O)c1ccc(OC(F)(F)F)cc1)Cc1ccc(C(F)(F)F)nc1N2)C1CCC1. The van der Waals surface area contributed by atoms with Crippen LogP contribution < -0.4 is 19.7 Å². The third kappa shape index (κ3) is 5.64. The second-order valence-corrected chi connectivity index (χ2v) is 11.1. The number of pyridine rings is 1. The molecule has 40 heavy (non-hydrogen) atoms. The van der Waals surface area contributed by atoms with Crippen molar-refractivity contribution < 1.29 is 44.3 Å². The van der Waals surface area contributed by atoms with Crippen LogP contribution in [-0.4, -0.2) is 25.7 Å². The van der Waals surface area contributed by atoms with Gasteiger partial charge in [-0.2, -0.15) is 13.2 Å². The summed E-state index contributed by atoms with van der Waals surface area (Å²) in [6.45, 7) is -0.469. The van der Waals surface area contributed by atoms with E-state index in [1.807, 2.05) is 0 Å². The Morgan fingerprint density at radius 1 is 1.00 bits per heavy atom. The molecule has 1 aliphatic heterocycles. The number of ether oxygens (including phenoxy) is 1. The van der Waals surface area contributed by atoms with Crippen LogP contribution in [-0.2, 0) is 27.5 Å². The number of fused-ring (bicyclic) bond motifs is 2. The Kier molecular flexibility index (Phi) is 6.80. The number of carbonyl (C=O) groups excluding carboxylic acids is 1. The van der Waals surface area contributed by atoms with Crippen LogP contribution in [0.25, 0.3) is 0 Å². The molecular weight excluding hydrogens is 566 g/mol. The molecule has 8 nitrogen and oxygen atoms in total. The fourth-order valence-electron chi connectivity index (χ4n) is 4.24. The first kappa shape index (κ1) is 27.6. The number of sulfonamides is 1. The Morgan fingerprint density at radius 2 is 1.70 bits per heavy atom. The van der Waals surface area contributed by atoms with Crippen LogP contribution in [0.15, 0.2) is 59.5 Å². The normalized spacial score (nSPS) is 15.7. The van der Waals surface area contributed by atoms with E-state index in [2.05, 4.69) is 20.4 Å². The molecule has 1 amide bonds. The van der Waals surface area contributed by atoms with Gasteiger partial charge in [-0.3, -0.25) is 9.10 Å². The molecule has 0 spiro atoms. The van der Waals surface area contributed by atoms with Crippen molar-refractivity contribution in [3.8, 4) is 5.75 Å². The molecular formula is C25H20F6N4O4S. The quantitative estimate of drug-likeness (QED) is 0.346. The molecule has 5 rings (SSSR count). The van der Waals surface area contributed by atoms with Crippen molar-refractivity contribution in [2.45, 2.75) is 43.2 Å². The van der Waals surface area contributed by atoms with Crippen LogP contribution in [0.4, 0.5) is 49.2 Å². The summed E-state index contributed by atoms with van der Waals surface area (Å²) in [4.78, 5) is 15.7. The van der Waals surface area contributed by atoms with Gasteiger partial charge in [0.05, 0.1) is 22.8 Å². The third-order valence-corrected chi connectivity index (χ3v) is 8.27. The average Bonchev–Trinajstić information content (AvgIpc) is 2.98. The van der Waals surface area contributed by atoms with Crippen LogP contribution in [0.1, 0.15) is 30.5 Å². The van der Waals surface area contributed by atoms with Crippen molar-refractivity contribution >= 4 is 38.8 Å². The van der Waals surface area contributed by atoms with E-state index in [9.17, 15) is 39.6 Å². The highest BCUT2D eigenvalue weighted by Gasteiger charge is 2.36. The second-order valence-electron chi connectivity index (χ2n) is 9.21. The zero-order chi connectivity index (χ0) is 28.9. The average molecular weight is 587 g/mol. The molecule has 0 unspecified atom stereocenters. The molecule has 0 saturated heterocycles. The first-order valence-electron chi connectivity index (χ1n) is 11.9. The maximum absolute atomic E-state index is 13.8. The Hall–Kier alpha value is -4.01. The minimum absolute atomic E-state index is 0.0198. The lowest BCUT2D eigenvalue weighted by Gasteiger charge is -2.26. The second kappa shape index (κ2) is 9.87. The van der Waals surface area contributed by atoms with Crippen molar-refractivity contribution in [2.75, 3.05) is 14.9 Å². The molecule has 212 valence electrons. The van der Waals surface area contributed by atoms with E-state index in [1.54, 1.807) is 0 Å². The van der Waals surface area contributed by atoms with Crippen molar-refractivity contribution in [3.63, 3.8) is 0 Å². The van der Waals surface area contributed by atoms with Crippen molar-refractivity contribution in [1.29, 1.82) is 0 Å². The first-order chi connectivity index (χ1) is 18.7. The van der Waals surface area contributed by atoms with Gasteiger partial charge in [0.15, 0.2) is 0 Å². The van der Waals surface area contributed by atoms with Gasteiger partial charge in [-0.1, -0.05) is 12.5 Å². The van der Waals surface area contributed by atoms with Gasteiger partial charge >= 0.3 is 12.5 Å². The summed E-state index contributed by atoms with van der Waals surface area (Å²) in [7, 11) is -4.50. The number of nitrogens with one attached hydrogen (secondary N) is 2. The maximum atomic E-state index is 13.8. The molecule has 2 aromatic carbocycles. The van der Waals surface area contributed by atoms with E-state index < -0.39 is 45.4 Å². The summed E-state index contributed by atoms with van der Waals surface area (Å²) < 4.78 is 110. The molecule has 1 aromatic heterocycles. The van der Waals surface area contributed by atoms with Crippen LogP contribution >= 0.6 is 0 Å². The van der Waals surface area contributed by atoms with Gasteiger partial charge in [-0.15, -0.1) is 13.2 Å². The Morgan fingerprint density at radius 3 is 2.30 bits per heavy atom. The standard InChI is InChI=1S/C25H20F6N4O4S/c26-24(27,28)21-11-4-15-13-35(40(37,38)18-8-6-17(7-9-18)39-25(29,30)31)20-12-16(32-23(36)14-2-1-3-14)5-10-19(20)33-22(15)34-21/h4-12,14H,1-3,13H2,(H,32,36)(H,33,34). The van der Waals surface area contributed by atoms with Crippen LogP contribution in [0.5, 0.6) is 5.75 Å². The Bertz CT molecular complexity index is 1550. The molecule has 2 heterocycles. The van der Waals surface area contributed by atoms with Crippen LogP contribution in [0.2, 0.25) is 0 Å². The predicted molar refractivity (Wildman–Crippen MR) is 131 cm³/mol. The summed E-state index contributed by atoms with van der Waals surface area (Å²) in [5.74, 6) is -1.29. The van der Waals surface area contributed by atoms with Gasteiger partial charge in [0, 0.05) is 17.2 Å². The minimum atomic E-state index is -4.98. The highest BCUT2D eigenvalue weighted by molar-refractivity contribution is 7.92. The van der Waals surface area contributed by atoms with Gasteiger partial charge in [-0.25, -0.2) is 13.4 Å². The van der Waals surface area contributed by atoms with Gasteiger partial charge in [0.1, 0.15) is 17.3 Å². The number of anilines is 4. The topological polar surface area (TPSA) is 101 Å². The lowest BCUT2D eigenvalue weighted by molar-refractivity contribution is -0.274. The van der Waals surface area contributed by atoms with Crippen molar-refractivity contribution in [3.05, 3.63) is 65.9 Å². The Labute approximate surface area is 224 Å². The number of hydrogen-bond donors (Lipinski definition) is 2. The van der Waals surface area contributed by atoms with Crippen LogP contribution in [0, 0.1) is 5.92 Å². The number of rotatable bonds is 5.